The fourth-order valence-electron chi connectivity index (χ4n) is 2.30. The Morgan fingerprint density at radius 1 is 1.03 bits per heavy atom. The average Bonchev–Trinajstić information content (AvgIpc) is 2.66. The van der Waals surface area contributed by atoms with Gasteiger partial charge in [0.1, 0.15) is 0 Å². The molecule has 2 aromatic carbocycles. The van der Waals surface area contributed by atoms with Gasteiger partial charge in [-0.3, -0.25) is 4.79 Å². The Morgan fingerprint density at radius 3 is 2.28 bits per heavy atom. The van der Waals surface area contributed by atoms with Crippen molar-refractivity contribution in [1.82, 2.24) is 0 Å². The monoisotopic (exact) mass is 409 g/mol. The topological polar surface area (TPSA) is 64.6 Å². The molecule has 2 rings (SSSR count). The van der Waals surface area contributed by atoms with Crippen molar-refractivity contribution < 1.29 is 32.2 Å². The third-order valence-electron chi connectivity index (χ3n) is 3.88. The summed E-state index contributed by atoms with van der Waals surface area (Å²) in [5, 5.41) is 2.31. The van der Waals surface area contributed by atoms with E-state index in [-0.39, 0.29) is 17.4 Å². The van der Waals surface area contributed by atoms with Gasteiger partial charge in [0.25, 0.3) is 5.91 Å². The molecule has 0 spiro atoms. The van der Waals surface area contributed by atoms with Crippen LogP contribution < -0.4 is 5.32 Å². The fraction of sp³-hybridized carbons (Fsp3) is 0.333. The molecule has 0 unspecified atom stereocenters. The van der Waals surface area contributed by atoms with Crippen molar-refractivity contribution in [2.24, 2.45) is 0 Å². The van der Waals surface area contributed by atoms with E-state index in [2.05, 4.69) is 5.32 Å². The predicted molar refractivity (Wildman–Crippen MR) is 101 cm³/mol. The number of nitrogens with one attached hydrogen (secondary N) is 1. The highest BCUT2D eigenvalue weighted by molar-refractivity contribution is 5.97. The minimum atomic E-state index is -4.52. The Hall–Kier alpha value is -2.87. The molecule has 0 saturated carbocycles. The smallest absolute Gasteiger partial charge is 0.416 e. The number of amides is 1. The lowest BCUT2D eigenvalue weighted by atomic mass is 10.1. The lowest BCUT2D eigenvalue weighted by Gasteiger charge is -2.15. The predicted octanol–water partition coefficient (Wildman–Crippen LogP) is 4.81. The van der Waals surface area contributed by atoms with Crippen molar-refractivity contribution in [2.45, 2.75) is 45.8 Å². The van der Waals surface area contributed by atoms with E-state index in [4.69, 9.17) is 9.47 Å². The molecule has 0 saturated heterocycles. The lowest BCUT2D eigenvalue weighted by molar-refractivity contribution is -0.137. The zero-order valence-electron chi connectivity index (χ0n) is 16.2. The van der Waals surface area contributed by atoms with Gasteiger partial charge in [-0.1, -0.05) is 18.2 Å². The molecule has 0 fully saturated rings. The van der Waals surface area contributed by atoms with Gasteiger partial charge in [0.05, 0.1) is 23.8 Å². The summed E-state index contributed by atoms with van der Waals surface area (Å²) in [4.78, 5) is 24.3. The highest BCUT2D eigenvalue weighted by Gasteiger charge is 2.30. The summed E-state index contributed by atoms with van der Waals surface area (Å²) < 4.78 is 48.8. The molecule has 156 valence electrons. The molecule has 0 aliphatic carbocycles. The van der Waals surface area contributed by atoms with Crippen LogP contribution in [0, 0.1) is 0 Å². The van der Waals surface area contributed by atoms with E-state index in [1.54, 1.807) is 24.3 Å². The molecule has 0 aliphatic rings. The highest BCUT2D eigenvalue weighted by atomic mass is 19.4. The second kappa shape index (κ2) is 9.56. The summed E-state index contributed by atoms with van der Waals surface area (Å²) in [6.07, 6.45) is -5.64. The summed E-state index contributed by atoms with van der Waals surface area (Å²) in [5.74, 6) is -1.45. The SMILES string of the molecule is CC(C)OCc1ccc(C(=O)O[C@@H](C)C(=O)Nc2cccc(C(F)(F)F)c2)cc1. The van der Waals surface area contributed by atoms with E-state index in [0.717, 1.165) is 17.7 Å². The van der Waals surface area contributed by atoms with Crippen LogP contribution in [0.25, 0.3) is 0 Å². The summed E-state index contributed by atoms with van der Waals surface area (Å²) in [5.41, 5.74) is 0.200. The number of hydrogen-bond acceptors (Lipinski definition) is 4. The van der Waals surface area contributed by atoms with Crippen LogP contribution in [0.5, 0.6) is 0 Å². The second-order valence-electron chi connectivity index (χ2n) is 6.67. The van der Waals surface area contributed by atoms with Gasteiger partial charge < -0.3 is 14.8 Å². The number of alkyl halides is 3. The fourth-order valence-corrected chi connectivity index (χ4v) is 2.30. The Labute approximate surface area is 166 Å². The lowest BCUT2D eigenvalue weighted by Crippen LogP contribution is -2.30. The van der Waals surface area contributed by atoms with E-state index >= 15 is 0 Å². The zero-order valence-corrected chi connectivity index (χ0v) is 16.2. The molecular weight excluding hydrogens is 387 g/mol. The maximum atomic E-state index is 12.7. The van der Waals surface area contributed by atoms with Crippen LogP contribution in [0.4, 0.5) is 18.9 Å². The van der Waals surface area contributed by atoms with E-state index < -0.39 is 29.7 Å². The van der Waals surface area contributed by atoms with Crippen molar-refractivity contribution >= 4 is 17.6 Å². The molecule has 0 aromatic heterocycles. The van der Waals surface area contributed by atoms with Gasteiger partial charge in [0.2, 0.25) is 0 Å². The third-order valence-corrected chi connectivity index (χ3v) is 3.88. The number of halogens is 3. The van der Waals surface area contributed by atoms with Crippen LogP contribution in [0.15, 0.2) is 48.5 Å². The summed E-state index contributed by atoms with van der Waals surface area (Å²) >= 11 is 0. The van der Waals surface area contributed by atoms with Crippen LogP contribution in [-0.4, -0.2) is 24.1 Å². The average molecular weight is 409 g/mol. The highest BCUT2D eigenvalue weighted by Crippen LogP contribution is 2.30. The Bertz CT molecular complexity index is 848. The van der Waals surface area contributed by atoms with Gasteiger partial charge in [-0.2, -0.15) is 13.2 Å². The number of benzene rings is 2. The quantitative estimate of drug-likeness (QED) is 0.667. The third kappa shape index (κ3) is 6.90. The van der Waals surface area contributed by atoms with Crippen molar-refractivity contribution in [1.29, 1.82) is 0 Å². The molecule has 2 aromatic rings. The van der Waals surface area contributed by atoms with Gasteiger partial charge in [-0.15, -0.1) is 0 Å². The van der Waals surface area contributed by atoms with Crippen LogP contribution in [0.1, 0.15) is 42.3 Å². The molecule has 0 aliphatic heterocycles. The van der Waals surface area contributed by atoms with Gasteiger partial charge in [0.15, 0.2) is 6.10 Å². The summed E-state index contributed by atoms with van der Waals surface area (Å²) in [6.45, 7) is 5.57. The van der Waals surface area contributed by atoms with Crippen LogP contribution >= 0.6 is 0 Å². The molecular formula is C21H22F3NO4. The van der Waals surface area contributed by atoms with E-state index in [1.807, 2.05) is 13.8 Å². The second-order valence-corrected chi connectivity index (χ2v) is 6.67. The molecule has 0 radical (unpaired) electrons. The maximum absolute atomic E-state index is 12.7. The molecule has 1 atom stereocenters. The largest absolute Gasteiger partial charge is 0.449 e. The van der Waals surface area contributed by atoms with Crippen molar-refractivity contribution in [3.63, 3.8) is 0 Å². The standard InChI is InChI=1S/C21H22F3NO4/c1-13(2)28-12-15-7-9-16(10-8-15)20(27)29-14(3)19(26)25-18-6-4-5-17(11-18)21(22,23)24/h4-11,13-14H,12H2,1-3H3,(H,25,26)/t14-/m0/s1. The molecule has 29 heavy (non-hydrogen) atoms. The van der Waals surface area contributed by atoms with Crippen molar-refractivity contribution in [3.8, 4) is 0 Å². The molecule has 1 amide bonds. The number of anilines is 1. The Morgan fingerprint density at radius 2 is 1.69 bits per heavy atom. The van der Waals surface area contributed by atoms with Crippen molar-refractivity contribution in [2.75, 3.05) is 5.32 Å². The number of carbonyl (C=O) groups is 2. The van der Waals surface area contributed by atoms with Crippen LogP contribution in [0.3, 0.4) is 0 Å². The van der Waals surface area contributed by atoms with Gasteiger partial charge >= 0.3 is 12.1 Å². The van der Waals surface area contributed by atoms with Gasteiger partial charge in [-0.05, 0) is 56.7 Å². The van der Waals surface area contributed by atoms with Crippen molar-refractivity contribution in [3.05, 3.63) is 65.2 Å². The van der Waals surface area contributed by atoms with Gasteiger partial charge in [-0.25, -0.2) is 4.79 Å². The molecule has 5 nitrogen and oxygen atoms in total. The molecule has 1 N–H and O–H groups in total. The molecule has 8 heteroatoms. The first-order chi connectivity index (χ1) is 13.6. The maximum Gasteiger partial charge on any atom is 0.416 e. The molecule has 0 heterocycles. The van der Waals surface area contributed by atoms with Crippen LogP contribution in [-0.2, 0) is 27.1 Å². The minimum absolute atomic E-state index is 0.0396. The summed E-state index contributed by atoms with van der Waals surface area (Å²) in [7, 11) is 0. The van der Waals surface area contributed by atoms with Gasteiger partial charge in [0, 0.05) is 5.69 Å². The number of hydrogen-bond donors (Lipinski definition) is 1. The van der Waals surface area contributed by atoms with E-state index in [0.29, 0.717) is 6.61 Å². The number of esters is 1. The number of carbonyl (C=O) groups excluding carboxylic acids is 2. The van der Waals surface area contributed by atoms with Crippen LogP contribution in [0.2, 0.25) is 0 Å². The minimum Gasteiger partial charge on any atom is -0.449 e. The Balaban J connectivity index is 1.94. The zero-order chi connectivity index (χ0) is 21.6. The first-order valence-corrected chi connectivity index (χ1v) is 8.96. The normalized spacial score (nSPS) is 12.5. The molecule has 0 bridgehead atoms. The van der Waals surface area contributed by atoms with E-state index in [9.17, 15) is 22.8 Å². The van der Waals surface area contributed by atoms with E-state index in [1.165, 1.54) is 19.1 Å². The number of ether oxygens (including phenoxy) is 2. The first-order valence-electron chi connectivity index (χ1n) is 8.96. The first kappa shape index (κ1) is 22.4. The Kier molecular flexibility index (Phi) is 7.39. The summed E-state index contributed by atoms with van der Waals surface area (Å²) in [6, 6.07) is 10.7. The number of rotatable bonds is 7.